The summed E-state index contributed by atoms with van der Waals surface area (Å²) < 4.78 is 2.28. The molecule has 0 amide bonds. The maximum absolute atomic E-state index is 4.57. The number of aromatic nitrogens is 2. The Morgan fingerprint density at radius 1 is 1.35 bits per heavy atom. The Hall–Kier alpha value is -0.830. The van der Waals surface area contributed by atoms with Crippen molar-refractivity contribution >= 4 is 0 Å². The van der Waals surface area contributed by atoms with Crippen LogP contribution in [-0.4, -0.2) is 16.1 Å². The van der Waals surface area contributed by atoms with Crippen LogP contribution in [0.1, 0.15) is 59.3 Å². The zero-order chi connectivity index (χ0) is 12.9. The predicted molar refractivity (Wildman–Crippen MR) is 73.0 cm³/mol. The summed E-state index contributed by atoms with van der Waals surface area (Å²) in [6.45, 7) is 13.3. The first-order valence-corrected chi connectivity index (χ1v) is 6.81. The quantitative estimate of drug-likeness (QED) is 0.788. The van der Waals surface area contributed by atoms with Crippen LogP contribution in [0.3, 0.4) is 0 Å². The second kappa shape index (κ2) is 6.20. The summed E-state index contributed by atoms with van der Waals surface area (Å²) >= 11 is 0. The summed E-state index contributed by atoms with van der Waals surface area (Å²) in [5.74, 6) is 1.18. The van der Waals surface area contributed by atoms with E-state index < -0.39 is 0 Å². The van der Waals surface area contributed by atoms with Gasteiger partial charge in [-0.15, -0.1) is 0 Å². The van der Waals surface area contributed by atoms with Crippen LogP contribution in [0.15, 0.2) is 12.4 Å². The summed E-state index contributed by atoms with van der Waals surface area (Å²) in [7, 11) is 0. The van der Waals surface area contributed by atoms with Crippen LogP contribution in [-0.2, 0) is 6.54 Å². The Morgan fingerprint density at radius 2 is 2.06 bits per heavy atom. The third-order valence-corrected chi connectivity index (χ3v) is 3.57. The van der Waals surface area contributed by atoms with Crippen LogP contribution < -0.4 is 5.32 Å². The maximum Gasteiger partial charge on any atom is 0.126 e. The first-order valence-electron chi connectivity index (χ1n) is 6.81. The van der Waals surface area contributed by atoms with Crippen LogP contribution in [0.5, 0.6) is 0 Å². The van der Waals surface area contributed by atoms with E-state index in [0.29, 0.717) is 6.04 Å². The normalized spacial score (nSPS) is 13.9. The Kier molecular flexibility index (Phi) is 5.19. The van der Waals surface area contributed by atoms with Crippen LogP contribution >= 0.6 is 0 Å². The van der Waals surface area contributed by atoms with Gasteiger partial charge in [-0.05, 0) is 24.8 Å². The Labute approximate surface area is 106 Å². The van der Waals surface area contributed by atoms with E-state index in [2.05, 4.69) is 55.7 Å². The minimum atomic E-state index is 0.229. The number of aryl methyl sites for hydroxylation is 1. The number of rotatable bonds is 7. The van der Waals surface area contributed by atoms with Crippen molar-refractivity contribution in [2.45, 2.75) is 60.0 Å². The molecule has 0 radical (unpaired) electrons. The fraction of sp³-hybridized carbons (Fsp3) is 0.786. The van der Waals surface area contributed by atoms with Gasteiger partial charge in [-0.3, -0.25) is 0 Å². The molecule has 3 heteroatoms. The van der Waals surface area contributed by atoms with Gasteiger partial charge >= 0.3 is 0 Å². The van der Waals surface area contributed by atoms with E-state index in [-0.39, 0.29) is 5.41 Å². The Bertz CT molecular complexity index is 328. The maximum atomic E-state index is 4.57. The Balaban J connectivity index is 3.00. The lowest BCUT2D eigenvalue weighted by Gasteiger charge is -2.34. The van der Waals surface area contributed by atoms with Crippen molar-refractivity contribution in [3.05, 3.63) is 18.2 Å². The number of hydrogen-bond acceptors (Lipinski definition) is 2. The topological polar surface area (TPSA) is 29.9 Å². The van der Waals surface area contributed by atoms with Crippen molar-refractivity contribution in [2.75, 3.05) is 6.54 Å². The van der Waals surface area contributed by atoms with Crippen LogP contribution in [0, 0.1) is 5.41 Å². The first-order chi connectivity index (χ1) is 8.06. The molecule has 1 aromatic heterocycles. The second-order valence-corrected chi connectivity index (χ2v) is 5.31. The number of imidazole rings is 1. The van der Waals surface area contributed by atoms with Crippen molar-refractivity contribution in [2.24, 2.45) is 5.41 Å². The van der Waals surface area contributed by atoms with Gasteiger partial charge in [0.2, 0.25) is 0 Å². The first kappa shape index (κ1) is 14.2. The molecule has 1 rings (SSSR count). The highest BCUT2D eigenvalue weighted by molar-refractivity contribution is 5.04. The van der Waals surface area contributed by atoms with E-state index in [1.54, 1.807) is 0 Å². The molecular weight excluding hydrogens is 210 g/mol. The van der Waals surface area contributed by atoms with Gasteiger partial charge in [0.05, 0.1) is 6.04 Å². The summed E-state index contributed by atoms with van der Waals surface area (Å²) in [5.41, 5.74) is 0.229. The van der Waals surface area contributed by atoms with Crippen molar-refractivity contribution in [3.8, 4) is 0 Å². The smallest absolute Gasteiger partial charge is 0.126 e. The fourth-order valence-electron chi connectivity index (χ4n) is 2.14. The third kappa shape index (κ3) is 3.32. The predicted octanol–water partition coefficient (Wildman–Crippen LogP) is 3.38. The molecule has 0 aliphatic carbocycles. The molecule has 3 nitrogen and oxygen atoms in total. The van der Waals surface area contributed by atoms with Crippen molar-refractivity contribution in [1.82, 2.24) is 14.9 Å². The molecule has 0 saturated heterocycles. The molecule has 98 valence electrons. The van der Waals surface area contributed by atoms with E-state index >= 15 is 0 Å². The molecule has 0 aliphatic heterocycles. The van der Waals surface area contributed by atoms with Gasteiger partial charge in [-0.25, -0.2) is 4.98 Å². The molecule has 0 bridgehead atoms. The summed E-state index contributed by atoms with van der Waals surface area (Å²) in [6, 6.07) is 0.332. The van der Waals surface area contributed by atoms with Crippen LogP contribution in [0.2, 0.25) is 0 Å². The van der Waals surface area contributed by atoms with Gasteiger partial charge in [-0.1, -0.05) is 34.6 Å². The lowest BCUT2D eigenvalue weighted by molar-refractivity contribution is 0.223. The minimum absolute atomic E-state index is 0.229. The zero-order valence-corrected chi connectivity index (χ0v) is 12.0. The monoisotopic (exact) mass is 237 g/mol. The molecular formula is C14H27N3. The van der Waals surface area contributed by atoms with E-state index in [0.717, 1.165) is 25.9 Å². The highest BCUT2D eigenvalue weighted by atomic mass is 15.1. The van der Waals surface area contributed by atoms with Crippen LogP contribution in [0.4, 0.5) is 0 Å². The molecule has 1 heterocycles. The van der Waals surface area contributed by atoms with E-state index in [9.17, 15) is 0 Å². The van der Waals surface area contributed by atoms with Gasteiger partial charge in [0, 0.05) is 18.9 Å². The lowest BCUT2D eigenvalue weighted by Crippen LogP contribution is -2.36. The van der Waals surface area contributed by atoms with E-state index in [4.69, 9.17) is 0 Å². The Morgan fingerprint density at radius 3 is 2.59 bits per heavy atom. The van der Waals surface area contributed by atoms with Crippen molar-refractivity contribution in [3.63, 3.8) is 0 Å². The minimum Gasteiger partial charge on any atom is -0.334 e. The third-order valence-electron chi connectivity index (χ3n) is 3.57. The van der Waals surface area contributed by atoms with Gasteiger partial charge in [0.1, 0.15) is 5.82 Å². The van der Waals surface area contributed by atoms with Crippen molar-refractivity contribution in [1.29, 1.82) is 0 Å². The van der Waals surface area contributed by atoms with Gasteiger partial charge in [0.25, 0.3) is 0 Å². The highest BCUT2D eigenvalue weighted by Crippen LogP contribution is 2.35. The summed E-state index contributed by atoms with van der Waals surface area (Å²) in [5, 5.41) is 3.59. The molecule has 1 aromatic rings. The molecule has 0 aromatic carbocycles. The fourth-order valence-corrected chi connectivity index (χ4v) is 2.14. The molecule has 0 spiro atoms. The molecule has 0 fully saturated rings. The van der Waals surface area contributed by atoms with Gasteiger partial charge < -0.3 is 9.88 Å². The number of nitrogens with one attached hydrogen (secondary N) is 1. The molecule has 0 aliphatic rings. The molecule has 1 unspecified atom stereocenters. The largest absolute Gasteiger partial charge is 0.334 e. The van der Waals surface area contributed by atoms with E-state index in [1.165, 1.54) is 5.82 Å². The molecule has 0 saturated carbocycles. The van der Waals surface area contributed by atoms with Gasteiger partial charge in [0.15, 0.2) is 0 Å². The SMILES string of the molecule is CCCn1ccnc1C(NCC)C(C)(C)CC. The molecule has 1 atom stereocenters. The van der Waals surface area contributed by atoms with Gasteiger partial charge in [-0.2, -0.15) is 0 Å². The summed E-state index contributed by atoms with van der Waals surface area (Å²) in [4.78, 5) is 4.57. The van der Waals surface area contributed by atoms with Crippen LogP contribution in [0.25, 0.3) is 0 Å². The molecule has 17 heavy (non-hydrogen) atoms. The average Bonchev–Trinajstić information content (AvgIpc) is 2.74. The molecule has 1 N–H and O–H groups in total. The second-order valence-electron chi connectivity index (χ2n) is 5.31. The summed E-state index contributed by atoms with van der Waals surface area (Å²) in [6.07, 6.45) is 6.30. The number of nitrogens with zero attached hydrogens (tertiary/aromatic N) is 2. The zero-order valence-electron chi connectivity index (χ0n) is 12.0. The average molecular weight is 237 g/mol. The highest BCUT2D eigenvalue weighted by Gasteiger charge is 2.31. The standard InChI is InChI=1S/C14H27N3/c1-6-10-17-11-9-16-13(17)12(15-8-3)14(4,5)7-2/h9,11-12,15H,6-8,10H2,1-5H3. The number of hydrogen-bond donors (Lipinski definition) is 1. The van der Waals surface area contributed by atoms with E-state index in [1.807, 2.05) is 6.20 Å². The lowest BCUT2D eigenvalue weighted by atomic mass is 9.81. The van der Waals surface area contributed by atoms with Crippen molar-refractivity contribution < 1.29 is 0 Å².